The summed E-state index contributed by atoms with van der Waals surface area (Å²) in [5, 5.41) is 10.1. The molecule has 4 aromatic rings. The van der Waals surface area contributed by atoms with Gasteiger partial charge in [-0.15, -0.1) is 0 Å². The van der Waals surface area contributed by atoms with Gasteiger partial charge in [0.25, 0.3) is 5.91 Å². The summed E-state index contributed by atoms with van der Waals surface area (Å²) in [6.45, 7) is 1.90. The van der Waals surface area contributed by atoms with E-state index in [0.29, 0.717) is 17.1 Å². The number of nitrogens with one attached hydrogen (secondary N) is 2. The van der Waals surface area contributed by atoms with Gasteiger partial charge in [-0.25, -0.2) is 19.0 Å². The monoisotopic (exact) mass is 402 g/mol. The lowest BCUT2D eigenvalue weighted by Crippen LogP contribution is -2.27. The summed E-state index contributed by atoms with van der Waals surface area (Å²) in [6, 6.07) is 16.8. The lowest BCUT2D eigenvalue weighted by atomic mass is 10.1. The van der Waals surface area contributed by atoms with Crippen molar-refractivity contribution in [2.45, 2.75) is 13.0 Å². The topological polar surface area (TPSA) is 84.7 Å². The number of carbonyl (C=O) groups is 1. The molecule has 0 saturated heterocycles. The Morgan fingerprint density at radius 3 is 2.67 bits per heavy atom. The molecule has 8 heteroatoms. The van der Waals surface area contributed by atoms with E-state index in [1.165, 1.54) is 18.5 Å². The van der Waals surface area contributed by atoms with Crippen LogP contribution in [0.4, 0.5) is 15.9 Å². The van der Waals surface area contributed by atoms with Crippen molar-refractivity contribution in [3.05, 3.63) is 96.5 Å². The maximum absolute atomic E-state index is 13.5. The second-order valence-corrected chi connectivity index (χ2v) is 6.66. The molecule has 0 radical (unpaired) electrons. The van der Waals surface area contributed by atoms with Gasteiger partial charge < -0.3 is 10.6 Å². The molecular weight excluding hydrogens is 383 g/mol. The van der Waals surface area contributed by atoms with Gasteiger partial charge in [0.2, 0.25) is 0 Å². The molecular formula is C22H19FN6O. The van der Waals surface area contributed by atoms with Crippen LogP contribution in [0.5, 0.6) is 0 Å². The number of rotatable bonds is 6. The molecule has 0 aliphatic carbocycles. The van der Waals surface area contributed by atoms with Crippen LogP contribution in [-0.4, -0.2) is 25.7 Å². The highest BCUT2D eigenvalue weighted by molar-refractivity contribution is 5.99. The third kappa shape index (κ3) is 4.33. The Morgan fingerprint density at radius 2 is 1.93 bits per heavy atom. The van der Waals surface area contributed by atoms with Gasteiger partial charge in [-0.3, -0.25) is 4.79 Å². The lowest BCUT2D eigenvalue weighted by molar-refractivity contribution is 0.0940. The SMILES string of the molecule is CC(NC(=O)c1cccnc1Nc1cccc(F)c1)c1ccc(-n2cncn2)cc1. The Kier molecular flexibility index (Phi) is 5.47. The summed E-state index contributed by atoms with van der Waals surface area (Å²) < 4.78 is 15.1. The number of anilines is 2. The quantitative estimate of drug-likeness (QED) is 0.509. The fraction of sp³-hybridized carbons (Fsp3) is 0.0909. The van der Waals surface area contributed by atoms with E-state index in [0.717, 1.165) is 11.3 Å². The predicted molar refractivity (Wildman–Crippen MR) is 111 cm³/mol. The molecule has 0 fully saturated rings. The van der Waals surface area contributed by atoms with E-state index in [4.69, 9.17) is 0 Å². The molecule has 7 nitrogen and oxygen atoms in total. The third-order valence-corrected chi connectivity index (χ3v) is 4.56. The Morgan fingerprint density at radius 1 is 1.10 bits per heavy atom. The molecule has 2 aromatic carbocycles. The number of carbonyl (C=O) groups excluding carboxylic acids is 1. The number of aromatic nitrogens is 4. The van der Waals surface area contributed by atoms with Crippen LogP contribution in [0.1, 0.15) is 28.9 Å². The first-order valence-corrected chi connectivity index (χ1v) is 9.33. The highest BCUT2D eigenvalue weighted by Crippen LogP contribution is 2.21. The molecule has 0 bridgehead atoms. The first-order chi connectivity index (χ1) is 14.6. The minimum atomic E-state index is -0.370. The summed E-state index contributed by atoms with van der Waals surface area (Å²) >= 11 is 0. The second kappa shape index (κ2) is 8.52. The van der Waals surface area contributed by atoms with Crippen molar-refractivity contribution >= 4 is 17.4 Å². The summed E-state index contributed by atoms with van der Waals surface area (Å²) in [6.07, 6.45) is 4.67. The first kappa shape index (κ1) is 19.3. The normalized spacial score (nSPS) is 11.7. The van der Waals surface area contributed by atoms with E-state index in [-0.39, 0.29) is 17.8 Å². The van der Waals surface area contributed by atoms with E-state index < -0.39 is 0 Å². The van der Waals surface area contributed by atoms with Gasteiger partial charge in [-0.2, -0.15) is 5.10 Å². The van der Waals surface area contributed by atoms with Crippen LogP contribution >= 0.6 is 0 Å². The zero-order chi connectivity index (χ0) is 20.9. The summed E-state index contributed by atoms with van der Waals surface area (Å²) in [5.74, 6) is -0.297. The molecule has 0 saturated carbocycles. The van der Waals surface area contributed by atoms with Gasteiger partial charge in [0.15, 0.2) is 0 Å². The standard InChI is InChI=1S/C22H19FN6O/c1-15(16-7-9-19(10-8-16)29-14-24-13-26-29)27-22(30)20-6-3-11-25-21(20)28-18-5-2-4-17(23)12-18/h2-15H,1H3,(H,25,28)(H,27,30). The number of amides is 1. The molecule has 0 spiro atoms. The molecule has 150 valence electrons. The van der Waals surface area contributed by atoms with Gasteiger partial charge in [-0.1, -0.05) is 18.2 Å². The van der Waals surface area contributed by atoms with E-state index in [9.17, 15) is 9.18 Å². The average molecular weight is 402 g/mol. The fourth-order valence-corrected chi connectivity index (χ4v) is 3.01. The first-order valence-electron chi connectivity index (χ1n) is 9.33. The van der Waals surface area contributed by atoms with Crippen LogP contribution in [-0.2, 0) is 0 Å². The van der Waals surface area contributed by atoms with Gasteiger partial charge in [0, 0.05) is 11.9 Å². The van der Waals surface area contributed by atoms with Crippen LogP contribution in [0.15, 0.2) is 79.5 Å². The minimum absolute atomic E-state index is 0.232. The van der Waals surface area contributed by atoms with E-state index in [1.54, 1.807) is 41.5 Å². The number of pyridine rings is 1. The molecule has 1 unspecified atom stereocenters. The maximum atomic E-state index is 13.5. The number of hydrogen-bond acceptors (Lipinski definition) is 5. The number of halogens is 1. The molecule has 1 amide bonds. The molecule has 0 aliphatic rings. The van der Waals surface area contributed by atoms with E-state index in [2.05, 4.69) is 25.7 Å². The molecule has 30 heavy (non-hydrogen) atoms. The predicted octanol–water partition coefficient (Wildman–Crippen LogP) is 4.04. The molecule has 2 heterocycles. The van der Waals surface area contributed by atoms with Crippen LogP contribution in [0, 0.1) is 5.82 Å². The maximum Gasteiger partial charge on any atom is 0.255 e. The Labute approximate surface area is 172 Å². The van der Waals surface area contributed by atoms with Crippen molar-refractivity contribution in [2.75, 3.05) is 5.32 Å². The van der Waals surface area contributed by atoms with Gasteiger partial charge in [0.05, 0.1) is 17.3 Å². The fourth-order valence-electron chi connectivity index (χ4n) is 3.01. The molecule has 2 N–H and O–H groups in total. The Bertz CT molecular complexity index is 1140. The van der Waals surface area contributed by atoms with Gasteiger partial charge in [0.1, 0.15) is 24.3 Å². The number of nitrogens with zero attached hydrogens (tertiary/aromatic N) is 4. The second-order valence-electron chi connectivity index (χ2n) is 6.66. The smallest absolute Gasteiger partial charge is 0.255 e. The van der Waals surface area contributed by atoms with Crippen molar-refractivity contribution in [1.29, 1.82) is 0 Å². The van der Waals surface area contributed by atoms with Gasteiger partial charge >= 0.3 is 0 Å². The zero-order valence-electron chi connectivity index (χ0n) is 16.2. The third-order valence-electron chi connectivity index (χ3n) is 4.56. The molecule has 0 aliphatic heterocycles. The Balaban J connectivity index is 1.48. The van der Waals surface area contributed by atoms with Crippen LogP contribution in [0.3, 0.4) is 0 Å². The molecule has 2 aromatic heterocycles. The summed E-state index contributed by atoms with van der Waals surface area (Å²) in [4.78, 5) is 21.0. The van der Waals surface area contributed by atoms with Gasteiger partial charge in [-0.05, 0) is 55.0 Å². The van der Waals surface area contributed by atoms with Crippen LogP contribution in [0.25, 0.3) is 5.69 Å². The van der Waals surface area contributed by atoms with E-state index in [1.807, 2.05) is 31.2 Å². The zero-order valence-corrected chi connectivity index (χ0v) is 16.2. The minimum Gasteiger partial charge on any atom is -0.345 e. The lowest BCUT2D eigenvalue weighted by Gasteiger charge is -2.16. The van der Waals surface area contributed by atoms with Crippen LogP contribution in [0.2, 0.25) is 0 Å². The van der Waals surface area contributed by atoms with Crippen LogP contribution < -0.4 is 10.6 Å². The van der Waals surface area contributed by atoms with Crippen molar-refractivity contribution in [3.63, 3.8) is 0 Å². The Hall–Kier alpha value is -4.07. The summed E-state index contributed by atoms with van der Waals surface area (Å²) in [7, 11) is 0. The van der Waals surface area contributed by atoms with Crippen molar-refractivity contribution < 1.29 is 9.18 Å². The largest absolute Gasteiger partial charge is 0.345 e. The number of hydrogen-bond donors (Lipinski definition) is 2. The highest BCUT2D eigenvalue weighted by atomic mass is 19.1. The van der Waals surface area contributed by atoms with Crippen molar-refractivity contribution in [2.24, 2.45) is 0 Å². The molecule has 1 atom stereocenters. The average Bonchev–Trinajstić information content (AvgIpc) is 3.29. The molecule has 4 rings (SSSR count). The summed E-state index contributed by atoms with van der Waals surface area (Å²) in [5.41, 5.74) is 2.70. The van der Waals surface area contributed by atoms with Crippen molar-refractivity contribution in [3.8, 4) is 5.69 Å². The van der Waals surface area contributed by atoms with Crippen molar-refractivity contribution in [1.82, 2.24) is 25.1 Å². The van der Waals surface area contributed by atoms with E-state index >= 15 is 0 Å². The number of benzene rings is 2. The highest BCUT2D eigenvalue weighted by Gasteiger charge is 2.16.